The topological polar surface area (TPSA) is 34.1 Å². The summed E-state index contributed by atoms with van der Waals surface area (Å²) in [6.07, 6.45) is 3.60. The number of hydrogen-bond donors (Lipinski definition) is 0. The second-order valence-electron chi connectivity index (χ2n) is 5.69. The molecule has 0 bridgehead atoms. The van der Waals surface area contributed by atoms with E-state index in [0.717, 1.165) is 0 Å². The van der Waals surface area contributed by atoms with E-state index in [1.807, 2.05) is 0 Å². The maximum Gasteiger partial charge on any atom is 0.154 e. The zero-order chi connectivity index (χ0) is 13.6. The van der Waals surface area contributed by atoms with Gasteiger partial charge in [0.15, 0.2) is 9.84 Å². The first-order valence-corrected chi connectivity index (χ1v) is 9.23. The zero-order valence-electron chi connectivity index (χ0n) is 10.5. The molecule has 2 aliphatic rings. The second kappa shape index (κ2) is 4.85. The van der Waals surface area contributed by atoms with E-state index in [2.05, 4.69) is 15.9 Å². The summed E-state index contributed by atoms with van der Waals surface area (Å²) in [5.41, 5.74) is 0.264. The van der Waals surface area contributed by atoms with Crippen molar-refractivity contribution in [2.24, 2.45) is 17.8 Å². The number of sulfone groups is 1. The van der Waals surface area contributed by atoms with Gasteiger partial charge < -0.3 is 0 Å². The quantitative estimate of drug-likeness (QED) is 0.835. The Morgan fingerprint density at radius 3 is 2.63 bits per heavy atom. The van der Waals surface area contributed by atoms with Crippen LogP contribution in [0.3, 0.4) is 0 Å². The molecule has 1 aromatic carbocycles. The van der Waals surface area contributed by atoms with Gasteiger partial charge in [-0.2, -0.15) is 0 Å². The SMILES string of the molecule is O=S(=O)(Cc1cccc(Br)c1F)CC1C2CCCC21. The van der Waals surface area contributed by atoms with Crippen molar-refractivity contribution in [2.75, 3.05) is 5.75 Å². The third kappa shape index (κ3) is 2.72. The van der Waals surface area contributed by atoms with Crippen LogP contribution in [0.1, 0.15) is 24.8 Å². The molecule has 0 amide bonds. The molecule has 1 aromatic rings. The Hall–Kier alpha value is -0.420. The van der Waals surface area contributed by atoms with Crippen LogP contribution >= 0.6 is 15.9 Å². The Bertz CT molecular complexity index is 589. The number of hydrogen-bond acceptors (Lipinski definition) is 2. The average Bonchev–Trinajstić information content (AvgIpc) is 2.77. The lowest BCUT2D eigenvalue weighted by molar-refractivity contribution is 0.568. The lowest BCUT2D eigenvalue weighted by atomic mass is 10.2. The molecule has 0 aliphatic heterocycles. The van der Waals surface area contributed by atoms with Gasteiger partial charge in [0.05, 0.1) is 16.0 Å². The fraction of sp³-hybridized carbons (Fsp3) is 0.571. The summed E-state index contributed by atoms with van der Waals surface area (Å²) in [7, 11) is -3.21. The molecule has 0 spiro atoms. The summed E-state index contributed by atoms with van der Waals surface area (Å²) in [4.78, 5) is 0. The third-order valence-corrected chi connectivity index (χ3v) is 6.69. The van der Waals surface area contributed by atoms with Crippen LogP contribution in [-0.4, -0.2) is 14.2 Å². The van der Waals surface area contributed by atoms with Gasteiger partial charge in [-0.05, 0) is 52.6 Å². The highest BCUT2D eigenvalue weighted by Gasteiger charge is 2.53. The van der Waals surface area contributed by atoms with Crippen molar-refractivity contribution in [3.63, 3.8) is 0 Å². The molecule has 2 nitrogen and oxygen atoms in total. The van der Waals surface area contributed by atoms with E-state index in [1.54, 1.807) is 18.2 Å². The molecule has 2 saturated carbocycles. The summed E-state index contributed by atoms with van der Waals surface area (Å²) in [5, 5.41) is 0. The molecule has 2 unspecified atom stereocenters. The fourth-order valence-corrected chi connectivity index (χ4v) is 5.77. The first kappa shape index (κ1) is 13.6. The molecular weight excluding hydrogens is 331 g/mol. The lowest BCUT2D eigenvalue weighted by Gasteiger charge is -2.07. The molecule has 19 heavy (non-hydrogen) atoms. The molecule has 0 heterocycles. The Kier molecular flexibility index (Phi) is 3.46. The molecule has 2 aliphatic carbocycles. The number of rotatable bonds is 4. The molecule has 0 radical (unpaired) electrons. The number of fused-ring (bicyclic) bond motifs is 1. The zero-order valence-corrected chi connectivity index (χ0v) is 12.9. The van der Waals surface area contributed by atoms with Gasteiger partial charge in [0.2, 0.25) is 0 Å². The van der Waals surface area contributed by atoms with Crippen LogP contribution in [0.25, 0.3) is 0 Å². The van der Waals surface area contributed by atoms with E-state index in [1.165, 1.54) is 19.3 Å². The van der Waals surface area contributed by atoms with Gasteiger partial charge >= 0.3 is 0 Å². The number of halogens is 2. The highest BCUT2D eigenvalue weighted by molar-refractivity contribution is 9.10. The molecule has 0 saturated heterocycles. The smallest absolute Gasteiger partial charge is 0.154 e. The summed E-state index contributed by atoms with van der Waals surface area (Å²) in [5.74, 6) is 1.18. The minimum Gasteiger partial charge on any atom is -0.228 e. The molecule has 2 atom stereocenters. The van der Waals surface area contributed by atoms with Gasteiger partial charge in [0.25, 0.3) is 0 Å². The predicted molar refractivity (Wildman–Crippen MR) is 75.9 cm³/mol. The van der Waals surface area contributed by atoms with Crippen molar-refractivity contribution >= 4 is 25.8 Å². The molecule has 2 fully saturated rings. The van der Waals surface area contributed by atoms with Crippen molar-refractivity contribution in [2.45, 2.75) is 25.0 Å². The van der Waals surface area contributed by atoms with Crippen LogP contribution in [0, 0.1) is 23.6 Å². The van der Waals surface area contributed by atoms with Gasteiger partial charge in [-0.1, -0.05) is 18.6 Å². The van der Waals surface area contributed by atoms with Gasteiger partial charge in [0.1, 0.15) is 5.82 Å². The van der Waals surface area contributed by atoms with Crippen LogP contribution in [-0.2, 0) is 15.6 Å². The highest BCUT2D eigenvalue weighted by Crippen LogP contribution is 2.57. The van der Waals surface area contributed by atoms with Gasteiger partial charge in [-0.3, -0.25) is 0 Å². The van der Waals surface area contributed by atoms with Crippen molar-refractivity contribution in [1.82, 2.24) is 0 Å². The largest absolute Gasteiger partial charge is 0.228 e. The Morgan fingerprint density at radius 2 is 1.95 bits per heavy atom. The molecule has 0 aromatic heterocycles. The summed E-state index contributed by atoms with van der Waals surface area (Å²) < 4.78 is 38.5. The predicted octanol–water partition coefficient (Wildman–Crippen LogP) is 3.55. The van der Waals surface area contributed by atoms with Crippen LogP contribution in [0.4, 0.5) is 4.39 Å². The normalized spacial score (nSPS) is 29.3. The maximum absolute atomic E-state index is 13.8. The molecule has 0 N–H and O–H groups in total. The molecular formula is C14H16BrFO2S. The van der Waals surface area contributed by atoms with Crippen LogP contribution in [0.5, 0.6) is 0 Å². The van der Waals surface area contributed by atoms with Crippen LogP contribution < -0.4 is 0 Å². The van der Waals surface area contributed by atoms with Gasteiger partial charge in [-0.15, -0.1) is 0 Å². The summed E-state index contributed by atoms with van der Waals surface area (Å²) in [6.45, 7) is 0. The van der Waals surface area contributed by atoms with Crippen LogP contribution in [0.15, 0.2) is 22.7 Å². The average molecular weight is 347 g/mol. The monoisotopic (exact) mass is 346 g/mol. The lowest BCUT2D eigenvalue weighted by Crippen LogP contribution is -2.14. The standard InChI is InChI=1S/C14H16BrFO2S/c15-13-6-1-3-9(14(13)16)7-19(17,18)8-12-10-4-2-5-11(10)12/h1,3,6,10-12H,2,4-5,7-8H2. The van der Waals surface area contributed by atoms with Crippen molar-refractivity contribution in [1.29, 1.82) is 0 Å². The van der Waals surface area contributed by atoms with Crippen molar-refractivity contribution < 1.29 is 12.8 Å². The fourth-order valence-electron chi connectivity index (χ4n) is 3.47. The van der Waals surface area contributed by atoms with E-state index >= 15 is 0 Å². The molecule has 5 heteroatoms. The number of benzene rings is 1. The first-order valence-electron chi connectivity index (χ1n) is 6.61. The van der Waals surface area contributed by atoms with E-state index < -0.39 is 15.7 Å². The van der Waals surface area contributed by atoms with Crippen LogP contribution in [0.2, 0.25) is 0 Å². The van der Waals surface area contributed by atoms with Gasteiger partial charge in [0, 0.05) is 5.56 Å². The van der Waals surface area contributed by atoms with E-state index in [4.69, 9.17) is 0 Å². The molecule has 104 valence electrons. The van der Waals surface area contributed by atoms with Gasteiger partial charge in [-0.25, -0.2) is 12.8 Å². The third-order valence-electron chi connectivity index (χ3n) is 4.44. The second-order valence-corrected chi connectivity index (χ2v) is 8.65. The highest BCUT2D eigenvalue weighted by atomic mass is 79.9. The van der Waals surface area contributed by atoms with E-state index in [9.17, 15) is 12.8 Å². The Morgan fingerprint density at radius 1 is 1.26 bits per heavy atom. The minimum atomic E-state index is -3.21. The molecule has 3 rings (SSSR count). The van der Waals surface area contributed by atoms with E-state index in [-0.39, 0.29) is 17.1 Å². The van der Waals surface area contributed by atoms with Crippen molar-refractivity contribution in [3.8, 4) is 0 Å². The van der Waals surface area contributed by atoms with E-state index in [0.29, 0.717) is 22.2 Å². The Balaban J connectivity index is 1.70. The minimum absolute atomic E-state index is 0.186. The first-order chi connectivity index (χ1) is 8.98. The summed E-state index contributed by atoms with van der Waals surface area (Å²) in [6, 6.07) is 4.80. The Labute approximate surface area is 121 Å². The maximum atomic E-state index is 13.8. The summed E-state index contributed by atoms with van der Waals surface area (Å²) >= 11 is 3.09. The van der Waals surface area contributed by atoms with Crippen molar-refractivity contribution in [3.05, 3.63) is 34.1 Å².